The van der Waals surface area contributed by atoms with Crippen LogP contribution in [0.5, 0.6) is 0 Å². The highest BCUT2D eigenvalue weighted by molar-refractivity contribution is 7.92. The number of aryl methyl sites for hydroxylation is 2. The van der Waals surface area contributed by atoms with E-state index in [4.69, 9.17) is 0 Å². The molecule has 0 aliphatic rings. The minimum absolute atomic E-state index is 0.0976. The lowest BCUT2D eigenvalue weighted by atomic mass is 10.1. The Bertz CT molecular complexity index is 1020. The highest BCUT2D eigenvalue weighted by Gasteiger charge is 2.20. The number of aromatic nitrogens is 1. The van der Waals surface area contributed by atoms with E-state index in [0.29, 0.717) is 5.13 Å². The maximum atomic E-state index is 12.9. The van der Waals surface area contributed by atoms with Crippen LogP contribution in [0.25, 0.3) is 10.2 Å². The second-order valence-corrected chi connectivity index (χ2v) is 8.70. The number of nitrogens with zero attached hydrogens (tertiary/aromatic N) is 1. The van der Waals surface area contributed by atoms with E-state index in [1.807, 2.05) is 26.0 Å². The second kappa shape index (κ2) is 6.53. The molecule has 130 valence electrons. The average Bonchev–Trinajstić information content (AvgIpc) is 2.88. The Hall–Kier alpha value is -2.32. The van der Waals surface area contributed by atoms with Crippen molar-refractivity contribution in [2.24, 2.45) is 0 Å². The van der Waals surface area contributed by atoms with Gasteiger partial charge in [0, 0.05) is 0 Å². The molecule has 0 radical (unpaired) electrons. The lowest BCUT2D eigenvalue weighted by molar-refractivity contribution is -0.113. The fourth-order valence-electron chi connectivity index (χ4n) is 2.29. The zero-order valence-corrected chi connectivity index (χ0v) is 15.2. The molecule has 0 aliphatic carbocycles. The Morgan fingerprint density at radius 3 is 2.48 bits per heavy atom. The van der Waals surface area contributed by atoms with Crippen LogP contribution in [0.4, 0.5) is 9.52 Å². The van der Waals surface area contributed by atoms with Crippen LogP contribution in [0.3, 0.4) is 0 Å². The van der Waals surface area contributed by atoms with Crippen LogP contribution in [0.2, 0.25) is 0 Å². The summed E-state index contributed by atoms with van der Waals surface area (Å²) in [5, 5.41) is 2.87. The first kappa shape index (κ1) is 17.5. The predicted molar refractivity (Wildman–Crippen MR) is 96.2 cm³/mol. The first-order valence-corrected chi connectivity index (χ1v) is 9.87. The van der Waals surface area contributed by atoms with Gasteiger partial charge in [0.1, 0.15) is 11.6 Å². The van der Waals surface area contributed by atoms with Crippen molar-refractivity contribution in [3.05, 3.63) is 53.3 Å². The zero-order valence-electron chi connectivity index (χ0n) is 13.5. The molecule has 0 saturated carbocycles. The first-order chi connectivity index (χ1) is 11.7. The molecule has 0 saturated heterocycles. The summed E-state index contributed by atoms with van der Waals surface area (Å²) in [6.07, 6.45) is 0. The van der Waals surface area contributed by atoms with Gasteiger partial charge in [0.05, 0.1) is 15.1 Å². The number of fused-ring (bicyclic) bond motifs is 1. The molecular weight excluding hydrogens is 363 g/mol. The number of carbonyl (C=O) groups excluding carboxylic acids is 1. The van der Waals surface area contributed by atoms with E-state index >= 15 is 0 Å². The summed E-state index contributed by atoms with van der Waals surface area (Å²) in [5.41, 5.74) is 2.97. The number of amides is 1. The van der Waals surface area contributed by atoms with Crippen LogP contribution in [0.1, 0.15) is 11.1 Å². The maximum absolute atomic E-state index is 12.9. The highest BCUT2D eigenvalue weighted by atomic mass is 32.2. The number of carbonyl (C=O) groups is 1. The summed E-state index contributed by atoms with van der Waals surface area (Å²) >= 11 is 1.28. The maximum Gasteiger partial charge on any atom is 0.241 e. The minimum Gasteiger partial charge on any atom is -0.301 e. The third-order valence-corrected chi connectivity index (χ3v) is 6.31. The Morgan fingerprint density at radius 1 is 1.16 bits per heavy atom. The molecule has 0 aliphatic heterocycles. The zero-order chi connectivity index (χ0) is 18.2. The SMILES string of the molecule is Cc1cc2nc(NC(=O)CS(=O)(=O)c3ccc(F)cc3)sc2cc1C. The van der Waals surface area contributed by atoms with Gasteiger partial charge in [-0.3, -0.25) is 4.79 Å². The fourth-order valence-corrected chi connectivity index (χ4v) is 4.38. The summed E-state index contributed by atoms with van der Waals surface area (Å²) < 4.78 is 38.2. The van der Waals surface area contributed by atoms with E-state index in [1.165, 1.54) is 11.3 Å². The highest BCUT2D eigenvalue weighted by Crippen LogP contribution is 2.28. The van der Waals surface area contributed by atoms with Crippen molar-refractivity contribution in [3.63, 3.8) is 0 Å². The fraction of sp³-hybridized carbons (Fsp3) is 0.176. The smallest absolute Gasteiger partial charge is 0.241 e. The Balaban J connectivity index is 1.77. The summed E-state index contributed by atoms with van der Waals surface area (Å²) in [6, 6.07) is 8.27. The van der Waals surface area contributed by atoms with Gasteiger partial charge < -0.3 is 5.32 Å². The van der Waals surface area contributed by atoms with Crippen molar-refractivity contribution in [1.82, 2.24) is 4.98 Å². The topological polar surface area (TPSA) is 76.1 Å². The molecule has 5 nitrogen and oxygen atoms in total. The predicted octanol–water partition coefficient (Wildman–Crippen LogP) is 3.46. The van der Waals surface area contributed by atoms with Gasteiger partial charge in [0.2, 0.25) is 5.91 Å². The van der Waals surface area contributed by atoms with Crippen molar-refractivity contribution in [1.29, 1.82) is 0 Å². The normalized spacial score (nSPS) is 11.6. The van der Waals surface area contributed by atoms with Gasteiger partial charge in [-0.25, -0.2) is 17.8 Å². The second-order valence-electron chi connectivity index (χ2n) is 5.68. The van der Waals surface area contributed by atoms with Crippen LogP contribution in [-0.2, 0) is 14.6 Å². The number of hydrogen-bond donors (Lipinski definition) is 1. The van der Waals surface area contributed by atoms with E-state index < -0.39 is 27.3 Å². The molecule has 0 unspecified atom stereocenters. The van der Waals surface area contributed by atoms with Gasteiger partial charge in [-0.05, 0) is 61.4 Å². The van der Waals surface area contributed by atoms with E-state index in [1.54, 1.807) is 0 Å². The molecule has 1 amide bonds. The van der Waals surface area contributed by atoms with Gasteiger partial charge in [-0.1, -0.05) is 11.3 Å². The van der Waals surface area contributed by atoms with Crippen LogP contribution < -0.4 is 5.32 Å². The average molecular weight is 378 g/mol. The summed E-state index contributed by atoms with van der Waals surface area (Å²) in [4.78, 5) is 16.3. The van der Waals surface area contributed by atoms with Gasteiger partial charge in [0.15, 0.2) is 15.0 Å². The monoisotopic (exact) mass is 378 g/mol. The molecule has 0 fully saturated rings. The molecule has 8 heteroatoms. The number of nitrogens with one attached hydrogen (secondary N) is 1. The molecule has 1 N–H and O–H groups in total. The largest absolute Gasteiger partial charge is 0.301 e. The lowest BCUT2D eigenvalue weighted by Gasteiger charge is -2.04. The first-order valence-electron chi connectivity index (χ1n) is 7.40. The quantitative estimate of drug-likeness (QED) is 0.706. The van der Waals surface area contributed by atoms with Crippen molar-refractivity contribution in [2.45, 2.75) is 18.7 Å². The number of sulfone groups is 1. The van der Waals surface area contributed by atoms with Crippen molar-refractivity contribution >= 4 is 42.4 Å². The molecule has 3 aromatic rings. The molecule has 1 heterocycles. The molecule has 2 aromatic carbocycles. The van der Waals surface area contributed by atoms with Gasteiger partial charge in [-0.2, -0.15) is 0 Å². The van der Waals surface area contributed by atoms with Crippen molar-refractivity contribution in [3.8, 4) is 0 Å². The van der Waals surface area contributed by atoms with Crippen LogP contribution >= 0.6 is 11.3 Å². The number of rotatable bonds is 4. The number of thiazole rings is 1. The lowest BCUT2D eigenvalue weighted by Crippen LogP contribution is -2.22. The molecule has 25 heavy (non-hydrogen) atoms. The van der Waals surface area contributed by atoms with Crippen molar-refractivity contribution in [2.75, 3.05) is 11.1 Å². The summed E-state index contributed by atoms with van der Waals surface area (Å²) in [7, 11) is -3.84. The van der Waals surface area contributed by atoms with Crippen LogP contribution in [0, 0.1) is 19.7 Å². The van der Waals surface area contributed by atoms with Gasteiger partial charge >= 0.3 is 0 Å². The van der Waals surface area contributed by atoms with Gasteiger partial charge in [0.25, 0.3) is 0 Å². The van der Waals surface area contributed by atoms with Crippen molar-refractivity contribution < 1.29 is 17.6 Å². The number of anilines is 1. The van der Waals surface area contributed by atoms with E-state index in [0.717, 1.165) is 45.6 Å². The molecule has 1 aromatic heterocycles. The summed E-state index contributed by atoms with van der Waals surface area (Å²) in [5.74, 6) is -1.95. The Kier molecular flexibility index (Phi) is 4.57. The van der Waals surface area contributed by atoms with Crippen LogP contribution in [-0.4, -0.2) is 25.1 Å². The molecule has 0 spiro atoms. The molecule has 0 atom stereocenters. The van der Waals surface area contributed by atoms with E-state index in [9.17, 15) is 17.6 Å². The number of benzene rings is 2. The number of hydrogen-bond acceptors (Lipinski definition) is 5. The summed E-state index contributed by atoms with van der Waals surface area (Å²) in [6.45, 7) is 3.96. The third kappa shape index (κ3) is 3.85. The molecular formula is C17H15FN2O3S2. The standard InChI is InChI=1S/C17H15FN2O3S2/c1-10-7-14-15(8-11(10)2)24-17(19-14)20-16(21)9-25(22,23)13-5-3-12(18)4-6-13/h3-8H,9H2,1-2H3,(H,19,20,21). The van der Waals surface area contributed by atoms with Gasteiger partial charge in [-0.15, -0.1) is 0 Å². The molecule has 3 rings (SSSR count). The van der Waals surface area contributed by atoms with E-state index in [2.05, 4.69) is 10.3 Å². The number of halogens is 1. The third-order valence-electron chi connectivity index (χ3n) is 3.74. The Morgan fingerprint density at radius 2 is 1.80 bits per heavy atom. The Labute approximate surface area is 148 Å². The minimum atomic E-state index is -3.84. The van der Waals surface area contributed by atoms with Crippen LogP contribution in [0.15, 0.2) is 41.3 Å². The molecule has 0 bridgehead atoms. The van der Waals surface area contributed by atoms with E-state index in [-0.39, 0.29) is 4.90 Å².